The van der Waals surface area contributed by atoms with Gasteiger partial charge in [-0.3, -0.25) is 0 Å². The van der Waals surface area contributed by atoms with Crippen LogP contribution in [0.4, 0.5) is 5.69 Å². The second-order valence-corrected chi connectivity index (χ2v) is 5.81. The van der Waals surface area contributed by atoms with E-state index in [4.69, 9.17) is 10.2 Å². The maximum Gasteiger partial charge on any atom is 1.00 e. The van der Waals surface area contributed by atoms with Gasteiger partial charge >= 0.3 is 71.1 Å². The van der Waals surface area contributed by atoms with Crippen LogP contribution in [-0.4, -0.2) is 28.7 Å². The minimum Gasteiger partial charge on any atom is -1.00 e. The molecule has 0 bridgehead atoms. The van der Waals surface area contributed by atoms with E-state index in [0.29, 0.717) is 5.69 Å². The van der Waals surface area contributed by atoms with Crippen LogP contribution in [0.3, 0.4) is 0 Å². The quantitative estimate of drug-likeness (QED) is 0.321. The number of unbranched alkanes of at least 4 members (excludes halogenated alkanes) is 7. The Morgan fingerprint density at radius 2 is 1.28 bits per heavy atom. The molecule has 0 saturated carbocycles. The molecule has 132 valence electrons. The Balaban J connectivity index is -0.000000661. The standard InChI is InChI=1S/C18H27NO4.2Na.2H/c1-2-3-4-5-6-7-8-9-10-19-16-12-14(17(20)21)11-15(13-16)18(22)23;;;;/h11-13,19H,2-10H2,1H3,(H,20,21)(H,22,23);;;;/q;2*+1;2*-1. The van der Waals surface area contributed by atoms with Crippen molar-refractivity contribution in [2.75, 3.05) is 11.9 Å². The minimum absolute atomic E-state index is 0. The van der Waals surface area contributed by atoms with Crippen LogP contribution in [0.2, 0.25) is 0 Å². The molecule has 0 aliphatic heterocycles. The molecule has 7 heteroatoms. The van der Waals surface area contributed by atoms with Crippen molar-refractivity contribution in [2.45, 2.75) is 58.3 Å². The van der Waals surface area contributed by atoms with E-state index >= 15 is 0 Å². The van der Waals surface area contributed by atoms with Crippen LogP contribution in [0.1, 0.15) is 81.9 Å². The first-order valence-corrected chi connectivity index (χ1v) is 8.40. The van der Waals surface area contributed by atoms with Gasteiger partial charge in [-0.2, -0.15) is 0 Å². The summed E-state index contributed by atoms with van der Waals surface area (Å²) in [5.74, 6) is -2.24. The Hall–Kier alpha value is -0.0400. The molecule has 0 atom stereocenters. The second kappa shape index (κ2) is 16.2. The van der Waals surface area contributed by atoms with Gasteiger partial charge in [0.1, 0.15) is 0 Å². The molecule has 5 nitrogen and oxygen atoms in total. The van der Waals surface area contributed by atoms with Crippen molar-refractivity contribution < 1.29 is 81.8 Å². The molecule has 1 aromatic carbocycles. The van der Waals surface area contributed by atoms with Gasteiger partial charge in [-0.25, -0.2) is 9.59 Å². The van der Waals surface area contributed by atoms with E-state index in [-0.39, 0.29) is 73.1 Å². The van der Waals surface area contributed by atoms with E-state index in [9.17, 15) is 9.59 Å². The molecule has 0 radical (unpaired) electrons. The summed E-state index contributed by atoms with van der Waals surface area (Å²) in [7, 11) is 0. The van der Waals surface area contributed by atoms with Crippen molar-refractivity contribution in [2.24, 2.45) is 0 Å². The van der Waals surface area contributed by atoms with Gasteiger partial charge < -0.3 is 18.4 Å². The number of benzene rings is 1. The molecule has 25 heavy (non-hydrogen) atoms. The number of carboxylic acid groups (broad SMARTS) is 2. The largest absolute Gasteiger partial charge is 1.00 e. The average molecular weight is 369 g/mol. The second-order valence-electron chi connectivity index (χ2n) is 5.81. The van der Waals surface area contributed by atoms with Crippen LogP contribution < -0.4 is 64.4 Å². The molecule has 0 aliphatic carbocycles. The van der Waals surface area contributed by atoms with E-state index < -0.39 is 11.9 Å². The van der Waals surface area contributed by atoms with Crippen LogP contribution in [-0.2, 0) is 0 Å². The molecule has 0 aromatic heterocycles. The SMILES string of the molecule is CCCCCCCCCCNc1cc(C(=O)O)cc(C(=O)O)c1.[H-].[H-].[Na+].[Na+]. The summed E-state index contributed by atoms with van der Waals surface area (Å²) < 4.78 is 0. The van der Waals surface area contributed by atoms with Gasteiger partial charge in [0.15, 0.2) is 0 Å². The molecule has 0 amide bonds. The van der Waals surface area contributed by atoms with Gasteiger partial charge in [-0.05, 0) is 24.6 Å². The molecule has 1 rings (SSSR count). The van der Waals surface area contributed by atoms with Gasteiger partial charge in [0.2, 0.25) is 0 Å². The van der Waals surface area contributed by atoms with Crippen molar-refractivity contribution in [3.63, 3.8) is 0 Å². The van der Waals surface area contributed by atoms with Crippen molar-refractivity contribution >= 4 is 17.6 Å². The van der Waals surface area contributed by atoms with E-state index in [1.165, 1.54) is 56.7 Å². The van der Waals surface area contributed by atoms with Crippen LogP contribution in [0.15, 0.2) is 18.2 Å². The van der Waals surface area contributed by atoms with Crippen LogP contribution in [0.5, 0.6) is 0 Å². The Morgan fingerprint density at radius 3 is 1.72 bits per heavy atom. The number of rotatable bonds is 12. The Labute approximate surface area is 197 Å². The zero-order valence-corrected chi connectivity index (χ0v) is 19.8. The predicted molar refractivity (Wildman–Crippen MR) is 93.7 cm³/mol. The number of nitrogens with one attached hydrogen (secondary N) is 1. The van der Waals surface area contributed by atoms with Gasteiger partial charge in [-0.15, -0.1) is 0 Å². The number of anilines is 1. The van der Waals surface area contributed by atoms with E-state index in [2.05, 4.69) is 12.2 Å². The molecule has 3 N–H and O–H groups in total. The number of hydrogen-bond acceptors (Lipinski definition) is 3. The topological polar surface area (TPSA) is 86.6 Å². The van der Waals surface area contributed by atoms with Crippen molar-refractivity contribution in [1.82, 2.24) is 0 Å². The fourth-order valence-corrected chi connectivity index (χ4v) is 2.47. The monoisotopic (exact) mass is 369 g/mol. The number of carbonyl (C=O) groups is 2. The van der Waals surface area contributed by atoms with E-state index in [1.807, 2.05) is 0 Å². The first kappa shape index (κ1) is 27.2. The molecule has 0 fully saturated rings. The minimum atomic E-state index is -1.12. The smallest absolute Gasteiger partial charge is 1.00 e. The normalized spacial score (nSPS) is 9.64. The van der Waals surface area contributed by atoms with Crippen molar-refractivity contribution in [1.29, 1.82) is 0 Å². The van der Waals surface area contributed by atoms with Crippen molar-refractivity contribution in [3.05, 3.63) is 29.3 Å². The maximum absolute atomic E-state index is 11.0. The molecule has 0 spiro atoms. The van der Waals surface area contributed by atoms with Gasteiger partial charge in [0.05, 0.1) is 11.1 Å². The molecular formula is C18H29NNa2O4. The Morgan fingerprint density at radius 1 is 0.840 bits per heavy atom. The summed E-state index contributed by atoms with van der Waals surface area (Å²) in [6.07, 6.45) is 9.78. The third-order valence-corrected chi connectivity index (χ3v) is 3.79. The number of carboxylic acids is 2. The molecule has 0 saturated heterocycles. The fraction of sp³-hybridized carbons (Fsp3) is 0.556. The van der Waals surface area contributed by atoms with Gasteiger partial charge in [0.25, 0.3) is 0 Å². The Bertz CT molecular complexity index is 502. The van der Waals surface area contributed by atoms with Crippen LogP contribution >= 0.6 is 0 Å². The fourth-order valence-electron chi connectivity index (χ4n) is 2.47. The van der Waals surface area contributed by atoms with Gasteiger partial charge in [-0.1, -0.05) is 51.9 Å². The predicted octanol–water partition coefficient (Wildman–Crippen LogP) is -1.13. The molecule has 1 aromatic rings. The Kier molecular flexibility index (Phi) is 17.6. The summed E-state index contributed by atoms with van der Waals surface area (Å²) >= 11 is 0. The zero-order chi connectivity index (χ0) is 17.1. The third-order valence-electron chi connectivity index (χ3n) is 3.79. The average Bonchev–Trinajstić information content (AvgIpc) is 2.53. The summed E-state index contributed by atoms with van der Waals surface area (Å²) in [6.45, 7) is 2.93. The first-order chi connectivity index (χ1) is 11.0. The third kappa shape index (κ3) is 12.1. The summed E-state index contributed by atoms with van der Waals surface area (Å²) in [6, 6.07) is 4.12. The summed E-state index contributed by atoms with van der Waals surface area (Å²) in [4.78, 5) is 22.1. The molecule has 0 heterocycles. The first-order valence-electron chi connectivity index (χ1n) is 8.40. The molecular weight excluding hydrogens is 340 g/mol. The molecule has 0 unspecified atom stereocenters. The zero-order valence-electron chi connectivity index (χ0n) is 17.8. The van der Waals surface area contributed by atoms with Crippen molar-refractivity contribution in [3.8, 4) is 0 Å². The van der Waals surface area contributed by atoms with Crippen LogP contribution in [0.25, 0.3) is 0 Å². The number of aromatic carboxylic acids is 2. The van der Waals surface area contributed by atoms with Gasteiger partial charge in [0, 0.05) is 12.2 Å². The maximum atomic E-state index is 11.0. The summed E-state index contributed by atoms with van der Waals surface area (Å²) in [5.41, 5.74) is 0.525. The van der Waals surface area contributed by atoms with E-state index in [1.54, 1.807) is 0 Å². The summed E-state index contributed by atoms with van der Waals surface area (Å²) in [5, 5.41) is 21.2. The van der Waals surface area contributed by atoms with E-state index in [0.717, 1.165) is 19.4 Å². The molecule has 0 aliphatic rings. The van der Waals surface area contributed by atoms with Crippen LogP contribution in [0, 0.1) is 0 Å². The number of hydrogen-bond donors (Lipinski definition) is 3.